The van der Waals surface area contributed by atoms with Gasteiger partial charge in [-0.3, -0.25) is 14.6 Å². The van der Waals surface area contributed by atoms with E-state index in [0.29, 0.717) is 0 Å². The molecule has 2 heterocycles. The Morgan fingerprint density at radius 1 is 1.00 bits per heavy atom. The van der Waals surface area contributed by atoms with Gasteiger partial charge in [-0.15, -0.1) is 0 Å². The van der Waals surface area contributed by atoms with E-state index in [0.717, 1.165) is 0 Å². The van der Waals surface area contributed by atoms with Gasteiger partial charge in [-0.1, -0.05) is 6.07 Å². The molecule has 0 aliphatic carbocycles. The molecule has 0 spiro atoms. The second-order valence-electron chi connectivity index (χ2n) is 6.08. The SMILES string of the molecule is O=C(Nc1cc(C(F)(F)F)cc(C(F)(F)F)c1)c1nc(-c2ccccn2)[nH]c(=O)c1O. The van der Waals surface area contributed by atoms with E-state index in [1.165, 1.54) is 18.3 Å². The van der Waals surface area contributed by atoms with Gasteiger partial charge in [-0.2, -0.15) is 26.3 Å². The smallest absolute Gasteiger partial charge is 0.416 e. The molecule has 2 aromatic heterocycles. The Bertz CT molecular complexity index is 1160. The fourth-order valence-corrected chi connectivity index (χ4v) is 2.47. The number of nitrogens with zero attached hydrogens (tertiary/aromatic N) is 2. The predicted octanol–water partition coefficient (Wildman–Crippen LogP) is 3.83. The summed E-state index contributed by atoms with van der Waals surface area (Å²) < 4.78 is 77.8. The Hall–Kier alpha value is -3.90. The Morgan fingerprint density at radius 3 is 2.13 bits per heavy atom. The number of aromatic nitrogens is 3. The van der Waals surface area contributed by atoms with Gasteiger partial charge in [0.05, 0.1) is 11.1 Å². The minimum absolute atomic E-state index is 0.0899. The van der Waals surface area contributed by atoms with Gasteiger partial charge in [-0.25, -0.2) is 4.98 Å². The molecule has 0 aliphatic heterocycles. The van der Waals surface area contributed by atoms with E-state index in [2.05, 4.69) is 15.0 Å². The Labute approximate surface area is 168 Å². The van der Waals surface area contributed by atoms with Crippen LogP contribution >= 0.6 is 0 Å². The number of hydrogen-bond donors (Lipinski definition) is 3. The van der Waals surface area contributed by atoms with Crippen LogP contribution in [0.2, 0.25) is 0 Å². The number of carbonyl (C=O) groups excluding carboxylic acids is 1. The third-order valence-electron chi connectivity index (χ3n) is 3.86. The number of amides is 1. The summed E-state index contributed by atoms with van der Waals surface area (Å²) in [6.45, 7) is 0. The maximum atomic E-state index is 13.0. The molecule has 0 unspecified atom stereocenters. The fourth-order valence-electron chi connectivity index (χ4n) is 2.47. The van der Waals surface area contributed by atoms with E-state index >= 15 is 0 Å². The second-order valence-corrected chi connectivity index (χ2v) is 6.08. The zero-order valence-corrected chi connectivity index (χ0v) is 15.0. The zero-order valence-electron chi connectivity index (χ0n) is 15.0. The number of nitrogens with one attached hydrogen (secondary N) is 2. The van der Waals surface area contributed by atoms with Crippen LogP contribution in [0.25, 0.3) is 11.5 Å². The van der Waals surface area contributed by atoms with Gasteiger partial charge in [0.25, 0.3) is 11.5 Å². The van der Waals surface area contributed by atoms with Crippen molar-refractivity contribution < 1.29 is 36.2 Å². The number of hydrogen-bond acceptors (Lipinski definition) is 5. The summed E-state index contributed by atoms with van der Waals surface area (Å²) in [6, 6.07) is 4.91. The van der Waals surface area contributed by atoms with Crippen LogP contribution in [0.1, 0.15) is 21.6 Å². The number of anilines is 1. The normalized spacial score (nSPS) is 11.9. The molecule has 0 radical (unpaired) electrons. The summed E-state index contributed by atoms with van der Waals surface area (Å²) in [5.41, 5.74) is -6.18. The molecular formula is C18H10F6N4O3. The van der Waals surface area contributed by atoms with Gasteiger partial charge in [0.1, 0.15) is 5.69 Å². The van der Waals surface area contributed by atoms with Crippen molar-refractivity contribution >= 4 is 11.6 Å². The first-order valence-corrected chi connectivity index (χ1v) is 8.22. The lowest BCUT2D eigenvalue weighted by Gasteiger charge is -2.15. The van der Waals surface area contributed by atoms with E-state index in [4.69, 9.17) is 0 Å². The summed E-state index contributed by atoms with van der Waals surface area (Å²) in [5.74, 6) is -2.85. The molecule has 0 aliphatic rings. The molecular weight excluding hydrogens is 434 g/mol. The number of pyridine rings is 1. The quantitative estimate of drug-likeness (QED) is 0.533. The van der Waals surface area contributed by atoms with E-state index < -0.39 is 52.1 Å². The Balaban J connectivity index is 2.04. The number of benzene rings is 1. The van der Waals surface area contributed by atoms with Crippen LogP contribution in [0.5, 0.6) is 5.75 Å². The van der Waals surface area contributed by atoms with Crippen molar-refractivity contribution in [3.63, 3.8) is 0 Å². The van der Waals surface area contributed by atoms with Crippen molar-refractivity contribution in [2.45, 2.75) is 12.4 Å². The van der Waals surface area contributed by atoms with E-state index in [-0.39, 0.29) is 29.7 Å². The molecule has 3 N–H and O–H groups in total. The third kappa shape index (κ3) is 4.82. The topological polar surface area (TPSA) is 108 Å². The number of carbonyl (C=O) groups is 1. The van der Waals surface area contributed by atoms with Gasteiger partial charge < -0.3 is 15.4 Å². The minimum atomic E-state index is -5.13. The largest absolute Gasteiger partial charge is 0.501 e. The lowest BCUT2D eigenvalue weighted by atomic mass is 10.1. The maximum Gasteiger partial charge on any atom is 0.416 e. The first-order valence-electron chi connectivity index (χ1n) is 8.22. The average Bonchev–Trinajstić information content (AvgIpc) is 2.69. The van der Waals surface area contributed by atoms with E-state index in [1.807, 2.05) is 0 Å². The number of H-pyrrole nitrogens is 1. The van der Waals surface area contributed by atoms with Gasteiger partial charge in [-0.05, 0) is 30.3 Å². The molecule has 7 nitrogen and oxygen atoms in total. The van der Waals surface area contributed by atoms with Crippen LogP contribution in [0.3, 0.4) is 0 Å². The van der Waals surface area contributed by atoms with Gasteiger partial charge in [0.2, 0.25) is 5.75 Å². The van der Waals surface area contributed by atoms with Crippen LogP contribution in [0, 0.1) is 0 Å². The molecule has 13 heteroatoms. The zero-order chi connectivity index (χ0) is 23.0. The number of alkyl halides is 6. The number of aromatic amines is 1. The van der Waals surface area contributed by atoms with Crippen LogP contribution in [0.4, 0.5) is 32.0 Å². The fraction of sp³-hybridized carbons (Fsp3) is 0.111. The summed E-state index contributed by atoms with van der Waals surface area (Å²) in [6.07, 6.45) is -8.92. The van der Waals surface area contributed by atoms with Crippen molar-refractivity contribution in [1.29, 1.82) is 0 Å². The van der Waals surface area contributed by atoms with Gasteiger partial charge in [0.15, 0.2) is 11.5 Å². The maximum absolute atomic E-state index is 13.0. The highest BCUT2D eigenvalue weighted by Gasteiger charge is 2.37. The van der Waals surface area contributed by atoms with Crippen molar-refractivity contribution in [3.8, 4) is 17.3 Å². The molecule has 1 amide bonds. The van der Waals surface area contributed by atoms with Crippen molar-refractivity contribution in [2.75, 3.05) is 5.32 Å². The van der Waals surface area contributed by atoms with Crippen LogP contribution in [-0.4, -0.2) is 26.0 Å². The lowest BCUT2D eigenvalue weighted by Crippen LogP contribution is -2.21. The lowest BCUT2D eigenvalue weighted by molar-refractivity contribution is -0.143. The average molecular weight is 444 g/mol. The Morgan fingerprint density at radius 2 is 1.61 bits per heavy atom. The summed E-state index contributed by atoms with van der Waals surface area (Å²) in [5, 5.41) is 11.6. The number of halogens is 6. The van der Waals surface area contributed by atoms with Crippen molar-refractivity contribution in [1.82, 2.24) is 15.0 Å². The summed E-state index contributed by atoms with van der Waals surface area (Å²) >= 11 is 0. The highest BCUT2D eigenvalue weighted by Crippen LogP contribution is 2.37. The predicted molar refractivity (Wildman–Crippen MR) is 94.2 cm³/mol. The first kappa shape index (κ1) is 21.8. The molecule has 0 bridgehead atoms. The highest BCUT2D eigenvalue weighted by molar-refractivity contribution is 6.04. The van der Waals surface area contributed by atoms with Gasteiger partial charge >= 0.3 is 12.4 Å². The van der Waals surface area contributed by atoms with E-state index in [1.54, 1.807) is 11.4 Å². The number of aromatic hydroxyl groups is 1. The molecule has 3 aromatic rings. The molecule has 162 valence electrons. The molecule has 1 aromatic carbocycles. The molecule has 31 heavy (non-hydrogen) atoms. The van der Waals surface area contributed by atoms with Crippen LogP contribution in [0.15, 0.2) is 47.4 Å². The Kier molecular flexibility index (Phi) is 5.44. The molecule has 0 saturated heterocycles. The monoisotopic (exact) mass is 444 g/mol. The third-order valence-corrected chi connectivity index (χ3v) is 3.86. The summed E-state index contributed by atoms with van der Waals surface area (Å²) in [4.78, 5) is 34.1. The highest BCUT2D eigenvalue weighted by atomic mass is 19.4. The second kappa shape index (κ2) is 7.74. The molecule has 0 atom stereocenters. The van der Waals surface area contributed by atoms with E-state index in [9.17, 15) is 41.0 Å². The molecule has 0 fully saturated rings. The van der Waals surface area contributed by atoms with Gasteiger partial charge in [0, 0.05) is 11.9 Å². The van der Waals surface area contributed by atoms with Crippen molar-refractivity contribution in [3.05, 3.63) is 69.8 Å². The standard InChI is InChI=1S/C18H10F6N4O3/c19-17(20,21)8-5-9(18(22,23)24)7-10(6-8)26-15(30)12-13(29)16(31)28-14(27-12)11-3-1-2-4-25-11/h1-7,29H,(H,26,30)(H,27,28,31). The first-order chi connectivity index (χ1) is 14.4. The van der Waals surface area contributed by atoms with Crippen LogP contribution < -0.4 is 10.9 Å². The molecule has 0 saturated carbocycles. The van der Waals surface area contributed by atoms with Crippen molar-refractivity contribution in [2.24, 2.45) is 0 Å². The molecule has 3 rings (SSSR count). The number of rotatable bonds is 3. The van der Waals surface area contributed by atoms with Crippen LogP contribution in [-0.2, 0) is 12.4 Å². The minimum Gasteiger partial charge on any atom is -0.501 e. The summed E-state index contributed by atoms with van der Waals surface area (Å²) in [7, 11) is 0.